The number of anilines is 1. The number of nitrogens with zero attached hydrogens (tertiary/aromatic N) is 1. The van der Waals surface area contributed by atoms with Crippen molar-refractivity contribution in [2.45, 2.75) is 25.8 Å². The average molecular weight is 315 g/mol. The Bertz CT molecular complexity index is 610. The molecule has 0 radical (unpaired) electrons. The molecule has 1 fully saturated rings. The number of benzene rings is 1. The van der Waals surface area contributed by atoms with Crippen molar-refractivity contribution in [1.29, 1.82) is 0 Å². The predicted molar refractivity (Wildman–Crippen MR) is 87.8 cm³/mol. The zero-order chi connectivity index (χ0) is 16.8. The Morgan fingerprint density at radius 2 is 2.00 bits per heavy atom. The molecule has 6 nitrogen and oxygen atoms in total. The normalized spacial score (nSPS) is 16.7. The van der Waals surface area contributed by atoms with E-state index in [9.17, 15) is 14.4 Å². The van der Waals surface area contributed by atoms with E-state index >= 15 is 0 Å². The lowest BCUT2D eigenvalue weighted by Crippen LogP contribution is -2.38. The van der Waals surface area contributed by atoms with E-state index in [1.54, 1.807) is 29.2 Å². The summed E-state index contributed by atoms with van der Waals surface area (Å²) in [4.78, 5) is 36.3. The maximum absolute atomic E-state index is 12.1. The smallest absolute Gasteiger partial charge is 0.247 e. The molecule has 23 heavy (non-hydrogen) atoms. The fraction of sp³-hybridized carbons (Fsp3) is 0.353. The van der Waals surface area contributed by atoms with Crippen LogP contribution in [0.4, 0.5) is 5.69 Å². The minimum Gasteiger partial charge on any atom is -0.351 e. The Labute approximate surface area is 135 Å². The number of carbonyl (C=O) groups is 3. The first kappa shape index (κ1) is 16.7. The van der Waals surface area contributed by atoms with Crippen LogP contribution in [0.2, 0.25) is 0 Å². The van der Waals surface area contributed by atoms with Gasteiger partial charge in [0, 0.05) is 31.7 Å². The third kappa shape index (κ3) is 4.95. The van der Waals surface area contributed by atoms with Crippen molar-refractivity contribution in [3.8, 4) is 0 Å². The Hall–Kier alpha value is -2.63. The van der Waals surface area contributed by atoms with Crippen LogP contribution in [0.5, 0.6) is 0 Å². The average Bonchev–Trinajstić information content (AvgIpc) is 2.97. The van der Waals surface area contributed by atoms with Crippen molar-refractivity contribution in [3.05, 3.63) is 42.5 Å². The third-order valence-electron chi connectivity index (χ3n) is 3.77. The molecule has 1 aromatic rings. The monoisotopic (exact) mass is 315 g/mol. The summed E-state index contributed by atoms with van der Waals surface area (Å²) in [5.74, 6) is -0.297. The highest BCUT2D eigenvalue weighted by Crippen LogP contribution is 2.12. The van der Waals surface area contributed by atoms with E-state index in [1.165, 1.54) is 13.0 Å². The minimum absolute atomic E-state index is 0.0255. The van der Waals surface area contributed by atoms with E-state index in [2.05, 4.69) is 17.2 Å². The van der Waals surface area contributed by atoms with Gasteiger partial charge in [-0.05, 0) is 30.2 Å². The summed E-state index contributed by atoms with van der Waals surface area (Å²) >= 11 is 0. The van der Waals surface area contributed by atoms with E-state index < -0.39 is 0 Å². The summed E-state index contributed by atoms with van der Waals surface area (Å²) in [6.45, 7) is 6.20. The molecule has 2 N–H and O–H groups in total. The molecule has 1 aromatic carbocycles. The quantitative estimate of drug-likeness (QED) is 0.798. The van der Waals surface area contributed by atoms with E-state index in [0.29, 0.717) is 18.8 Å². The van der Waals surface area contributed by atoms with E-state index in [0.717, 1.165) is 12.0 Å². The molecule has 3 amide bonds. The summed E-state index contributed by atoms with van der Waals surface area (Å²) in [7, 11) is 0. The predicted octanol–water partition coefficient (Wildman–Crippen LogP) is 1.09. The molecule has 1 saturated heterocycles. The molecule has 2 rings (SSSR count). The molecule has 1 aliphatic heterocycles. The summed E-state index contributed by atoms with van der Waals surface area (Å²) < 4.78 is 0. The van der Waals surface area contributed by atoms with Crippen molar-refractivity contribution in [2.24, 2.45) is 0 Å². The molecular formula is C17H21N3O3. The lowest BCUT2D eigenvalue weighted by molar-refractivity contribution is -0.128. The van der Waals surface area contributed by atoms with Crippen LogP contribution in [0, 0.1) is 0 Å². The summed E-state index contributed by atoms with van der Waals surface area (Å²) in [5, 5.41) is 5.60. The van der Waals surface area contributed by atoms with Crippen LogP contribution in [0.1, 0.15) is 18.9 Å². The van der Waals surface area contributed by atoms with E-state index in [-0.39, 0.29) is 30.2 Å². The summed E-state index contributed by atoms with van der Waals surface area (Å²) in [5.41, 5.74) is 1.52. The van der Waals surface area contributed by atoms with Gasteiger partial charge in [0.2, 0.25) is 17.7 Å². The summed E-state index contributed by atoms with van der Waals surface area (Å²) in [6, 6.07) is 7.12. The zero-order valence-electron chi connectivity index (χ0n) is 13.2. The number of nitrogens with one attached hydrogen (secondary N) is 2. The molecule has 1 heterocycles. The molecule has 0 aromatic heterocycles. The van der Waals surface area contributed by atoms with Crippen molar-refractivity contribution in [3.63, 3.8) is 0 Å². The number of hydrogen-bond acceptors (Lipinski definition) is 3. The molecule has 122 valence electrons. The van der Waals surface area contributed by atoms with Gasteiger partial charge in [-0.3, -0.25) is 14.4 Å². The maximum Gasteiger partial charge on any atom is 0.247 e. The van der Waals surface area contributed by atoms with E-state index in [4.69, 9.17) is 0 Å². The fourth-order valence-corrected chi connectivity index (χ4v) is 2.53. The van der Waals surface area contributed by atoms with Crippen molar-refractivity contribution in [2.75, 3.05) is 18.4 Å². The fourth-order valence-electron chi connectivity index (χ4n) is 2.53. The largest absolute Gasteiger partial charge is 0.351 e. The van der Waals surface area contributed by atoms with Crippen molar-refractivity contribution >= 4 is 23.4 Å². The Kier molecular flexibility index (Phi) is 5.51. The second-order valence-corrected chi connectivity index (χ2v) is 5.59. The molecule has 0 saturated carbocycles. The van der Waals surface area contributed by atoms with Gasteiger partial charge in [0.05, 0.1) is 6.42 Å². The van der Waals surface area contributed by atoms with Crippen LogP contribution in [0.15, 0.2) is 36.9 Å². The molecule has 0 unspecified atom stereocenters. The minimum atomic E-state index is -0.272. The Morgan fingerprint density at radius 3 is 2.57 bits per heavy atom. The van der Waals surface area contributed by atoms with Crippen molar-refractivity contribution in [1.82, 2.24) is 10.2 Å². The molecule has 0 bridgehead atoms. The van der Waals surface area contributed by atoms with Gasteiger partial charge in [-0.15, -0.1) is 0 Å². The van der Waals surface area contributed by atoms with Gasteiger partial charge in [0.1, 0.15) is 0 Å². The van der Waals surface area contributed by atoms with Crippen LogP contribution in [-0.4, -0.2) is 41.8 Å². The second kappa shape index (κ2) is 7.58. The number of rotatable bonds is 5. The highest BCUT2D eigenvalue weighted by Gasteiger charge is 2.25. The number of hydrogen-bond donors (Lipinski definition) is 2. The third-order valence-corrected chi connectivity index (χ3v) is 3.77. The lowest BCUT2D eigenvalue weighted by Gasteiger charge is -2.15. The number of carbonyl (C=O) groups excluding carboxylic acids is 3. The Balaban J connectivity index is 1.82. The van der Waals surface area contributed by atoms with Gasteiger partial charge in [-0.2, -0.15) is 0 Å². The zero-order valence-corrected chi connectivity index (χ0v) is 13.2. The number of likely N-dealkylation sites (tertiary alicyclic amines) is 1. The van der Waals surface area contributed by atoms with Crippen LogP contribution in [0.25, 0.3) is 0 Å². The van der Waals surface area contributed by atoms with Gasteiger partial charge in [0.25, 0.3) is 0 Å². The summed E-state index contributed by atoms with van der Waals surface area (Å²) in [6.07, 6.45) is 2.26. The molecule has 0 aliphatic carbocycles. The molecule has 1 atom stereocenters. The first-order chi connectivity index (χ1) is 11.0. The van der Waals surface area contributed by atoms with Crippen LogP contribution < -0.4 is 10.6 Å². The maximum atomic E-state index is 12.1. The standard InChI is InChI=1S/C17H21N3O3/c1-3-16(22)18-14-6-4-13(5-7-14)10-17(23)19-15-8-9-20(11-15)12(2)21/h3-7,15H,1,8-11H2,2H3,(H,18,22)(H,19,23)/t15-/m1/s1. The number of amides is 3. The SMILES string of the molecule is C=CC(=O)Nc1ccc(CC(=O)N[C@@H]2CCN(C(C)=O)C2)cc1. The molecule has 1 aliphatic rings. The molecule has 0 spiro atoms. The molecular weight excluding hydrogens is 294 g/mol. The van der Waals surface area contributed by atoms with Gasteiger partial charge < -0.3 is 15.5 Å². The van der Waals surface area contributed by atoms with Crippen LogP contribution in [-0.2, 0) is 20.8 Å². The first-order valence-electron chi connectivity index (χ1n) is 7.55. The first-order valence-corrected chi connectivity index (χ1v) is 7.55. The van der Waals surface area contributed by atoms with E-state index in [1.807, 2.05) is 0 Å². The highest BCUT2D eigenvalue weighted by molar-refractivity contribution is 5.98. The Morgan fingerprint density at radius 1 is 1.30 bits per heavy atom. The van der Waals surface area contributed by atoms with Gasteiger partial charge in [-0.25, -0.2) is 0 Å². The second-order valence-electron chi connectivity index (χ2n) is 5.59. The molecule has 6 heteroatoms. The van der Waals surface area contributed by atoms with Crippen LogP contribution >= 0.6 is 0 Å². The highest BCUT2D eigenvalue weighted by atomic mass is 16.2. The van der Waals surface area contributed by atoms with Crippen molar-refractivity contribution < 1.29 is 14.4 Å². The topological polar surface area (TPSA) is 78.5 Å². The van der Waals surface area contributed by atoms with Crippen LogP contribution in [0.3, 0.4) is 0 Å². The van der Waals surface area contributed by atoms with Gasteiger partial charge in [0.15, 0.2) is 0 Å². The van der Waals surface area contributed by atoms with Gasteiger partial charge >= 0.3 is 0 Å². The lowest BCUT2D eigenvalue weighted by atomic mass is 10.1. The van der Waals surface area contributed by atoms with Gasteiger partial charge in [-0.1, -0.05) is 18.7 Å².